The number of hydrogen-bond donors (Lipinski definition) is 0. The Bertz CT molecular complexity index is 3620. The van der Waals surface area contributed by atoms with Gasteiger partial charge in [0.05, 0.1) is 36.2 Å². The van der Waals surface area contributed by atoms with Crippen LogP contribution in [0.3, 0.4) is 0 Å². The van der Waals surface area contributed by atoms with E-state index in [1.165, 1.54) is 16.1 Å². The SMILES string of the molecule is CC(C)(C)c1cccc(-c2ccccc2)c1-n1c(-c2[c-]ccc3c2oc2cc(-c4ccccc4)ccc23)nc2cc3ccccc3cc21.[2H]C(C)(C)c1cc(-c2[c-]cccc2)ncc1[Si](C)(C)C.[Ir]. The van der Waals surface area contributed by atoms with Gasteiger partial charge >= 0.3 is 0 Å². The number of rotatable bonds is 7. The Morgan fingerprint density at radius 2 is 1.35 bits per heavy atom. The second-order valence-corrected chi connectivity index (χ2v) is 24.7. The molecule has 3 aromatic heterocycles. The van der Waals surface area contributed by atoms with Crippen LogP contribution in [0.25, 0.3) is 94.3 Å². The van der Waals surface area contributed by atoms with Gasteiger partial charge in [-0.3, -0.25) is 4.98 Å². The molecule has 11 aromatic rings. The fourth-order valence-electron chi connectivity index (χ4n) is 9.28. The minimum Gasteiger partial charge on any atom is -0.501 e. The predicted molar refractivity (Wildman–Crippen MR) is 285 cm³/mol. The minimum atomic E-state index is -1.50. The standard InChI is InChI=1S/C45H33N2O.C17H22NSi.Ir/c1-45(2,3)38-23-13-20-34(30-16-8-5-9-17-30)42(38)47-40-27-32-19-11-10-18-31(32)26-39(40)46-44(47)37-22-12-21-36-35-25-24-33(28-41(35)48-43(36)37)29-14-6-4-7-15-29;1-13(2)15-11-16(14-9-7-6-8-10-14)18-12-17(15)19(3,4)5;/h4-21,23-28H,1-3H3;6-9,11-13H,1-5H3;/q2*-1;/i;13D;. The molecule has 339 valence electrons. The van der Waals surface area contributed by atoms with E-state index in [9.17, 15) is 0 Å². The van der Waals surface area contributed by atoms with Crippen LogP contribution in [0.15, 0.2) is 187 Å². The Balaban J connectivity index is 0.000000238. The number of aromatic nitrogens is 3. The van der Waals surface area contributed by atoms with Crippen LogP contribution in [0.1, 0.15) is 53.0 Å². The third kappa shape index (κ3) is 8.92. The maximum Gasteiger partial charge on any atom is 0.121 e. The normalized spacial score (nSPS) is 12.2. The van der Waals surface area contributed by atoms with Crippen LogP contribution in [0.5, 0.6) is 0 Å². The Hall–Kier alpha value is -6.69. The van der Waals surface area contributed by atoms with Crippen molar-refractivity contribution < 1.29 is 25.9 Å². The summed E-state index contributed by atoms with van der Waals surface area (Å²) in [4.78, 5) is 10.0. The molecule has 0 aliphatic heterocycles. The Morgan fingerprint density at radius 3 is 2.03 bits per heavy atom. The molecule has 0 saturated heterocycles. The van der Waals surface area contributed by atoms with Crippen molar-refractivity contribution in [3.05, 3.63) is 205 Å². The van der Waals surface area contributed by atoms with E-state index in [1.807, 2.05) is 56.4 Å². The molecule has 0 aliphatic rings. The second kappa shape index (κ2) is 18.8. The van der Waals surface area contributed by atoms with Gasteiger partial charge in [-0.2, -0.15) is 0 Å². The summed E-state index contributed by atoms with van der Waals surface area (Å²) in [5, 5.41) is 5.74. The van der Waals surface area contributed by atoms with Crippen molar-refractivity contribution in [3.8, 4) is 50.6 Å². The van der Waals surface area contributed by atoms with E-state index in [0.717, 1.165) is 94.5 Å². The number of benzene rings is 8. The number of fused-ring (bicyclic) bond motifs is 5. The third-order valence-corrected chi connectivity index (χ3v) is 14.7. The van der Waals surface area contributed by atoms with Gasteiger partial charge in [0.2, 0.25) is 0 Å². The summed E-state index contributed by atoms with van der Waals surface area (Å²) < 4.78 is 17.6. The quantitative estimate of drug-likeness (QED) is 0.118. The van der Waals surface area contributed by atoms with Crippen LogP contribution >= 0.6 is 0 Å². The monoisotopic (exact) mass is 1080 g/mol. The summed E-state index contributed by atoms with van der Waals surface area (Å²) in [5.74, 6) is 0.198. The van der Waals surface area contributed by atoms with E-state index in [4.69, 9.17) is 10.8 Å². The zero-order chi connectivity index (χ0) is 47.4. The first-order valence-electron chi connectivity index (χ1n) is 23.6. The molecule has 0 saturated carbocycles. The van der Waals surface area contributed by atoms with Crippen molar-refractivity contribution in [1.82, 2.24) is 14.5 Å². The molecule has 4 nitrogen and oxygen atoms in total. The van der Waals surface area contributed by atoms with Crippen LogP contribution in [-0.2, 0) is 25.5 Å². The number of hydrogen-bond acceptors (Lipinski definition) is 3. The molecule has 0 bridgehead atoms. The van der Waals surface area contributed by atoms with E-state index in [-0.39, 0.29) is 25.5 Å². The topological polar surface area (TPSA) is 43.9 Å². The summed E-state index contributed by atoms with van der Waals surface area (Å²) >= 11 is 0. The predicted octanol–water partition coefficient (Wildman–Crippen LogP) is 16.4. The summed E-state index contributed by atoms with van der Waals surface area (Å²) in [6, 6.07) is 68.1. The van der Waals surface area contributed by atoms with Gasteiger partial charge in [0.25, 0.3) is 0 Å². The number of para-hydroxylation sites is 1. The van der Waals surface area contributed by atoms with Crippen molar-refractivity contribution in [2.75, 3.05) is 0 Å². The number of nitrogens with zero attached hydrogens (tertiary/aromatic N) is 3. The van der Waals surface area contributed by atoms with Crippen molar-refractivity contribution in [3.63, 3.8) is 0 Å². The first kappa shape index (κ1) is 45.1. The minimum absolute atomic E-state index is 0. The summed E-state index contributed by atoms with van der Waals surface area (Å²) in [6.45, 7) is 17.6. The van der Waals surface area contributed by atoms with E-state index < -0.39 is 14.0 Å². The summed E-state index contributed by atoms with van der Waals surface area (Å²) in [7, 11) is -1.50. The van der Waals surface area contributed by atoms with Crippen molar-refractivity contribution in [2.45, 2.75) is 65.6 Å². The first-order chi connectivity index (χ1) is 32.6. The maximum absolute atomic E-state index is 8.44. The van der Waals surface area contributed by atoms with Gasteiger partial charge in [-0.25, -0.2) is 0 Å². The molecule has 1 radical (unpaired) electrons. The van der Waals surface area contributed by atoms with Gasteiger partial charge < -0.3 is 14.0 Å². The molecule has 0 unspecified atom stereocenters. The molecule has 11 rings (SSSR count). The third-order valence-electron chi connectivity index (χ3n) is 12.7. The number of furan rings is 1. The van der Waals surface area contributed by atoms with Gasteiger partial charge in [-0.05, 0) is 73.4 Å². The van der Waals surface area contributed by atoms with Crippen LogP contribution in [0, 0.1) is 12.1 Å². The molecule has 0 amide bonds. The van der Waals surface area contributed by atoms with Gasteiger partial charge in [0.1, 0.15) is 5.58 Å². The molecule has 3 heterocycles. The van der Waals surface area contributed by atoms with Gasteiger partial charge in [0.15, 0.2) is 0 Å². The average Bonchev–Trinajstić information content (AvgIpc) is 3.90. The van der Waals surface area contributed by atoms with Gasteiger partial charge in [-0.15, -0.1) is 54.1 Å². The molecule has 0 fully saturated rings. The maximum atomic E-state index is 8.44. The zero-order valence-corrected chi connectivity index (χ0v) is 43.3. The molecule has 0 N–H and O–H groups in total. The van der Waals surface area contributed by atoms with Gasteiger partial charge in [0, 0.05) is 38.6 Å². The molecule has 0 atom stereocenters. The fraction of sp³-hybridized carbons (Fsp3) is 0.161. The van der Waals surface area contributed by atoms with E-state index in [2.05, 4.69) is 202 Å². The van der Waals surface area contributed by atoms with Crippen LogP contribution in [0.2, 0.25) is 19.6 Å². The molecule has 6 heteroatoms. The largest absolute Gasteiger partial charge is 0.501 e. The Morgan fingerprint density at radius 1 is 0.662 bits per heavy atom. The number of pyridine rings is 1. The van der Waals surface area contributed by atoms with E-state index in [1.54, 1.807) is 0 Å². The van der Waals surface area contributed by atoms with Crippen LogP contribution < -0.4 is 5.19 Å². The van der Waals surface area contributed by atoms with Crippen LogP contribution in [-0.4, -0.2) is 22.6 Å². The summed E-state index contributed by atoms with van der Waals surface area (Å²) in [6.07, 6.45) is 1.98. The average molecular weight is 1080 g/mol. The van der Waals surface area contributed by atoms with E-state index >= 15 is 0 Å². The molecule has 0 spiro atoms. The molecule has 68 heavy (non-hydrogen) atoms. The molecule has 8 aromatic carbocycles. The number of imidazole rings is 1. The first-order valence-corrected chi connectivity index (χ1v) is 26.6. The van der Waals surface area contributed by atoms with Crippen molar-refractivity contribution >= 4 is 57.0 Å². The smallest absolute Gasteiger partial charge is 0.121 e. The van der Waals surface area contributed by atoms with Gasteiger partial charge in [-0.1, -0.05) is 192 Å². The second-order valence-electron chi connectivity index (χ2n) is 19.7. The van der Waals surface area contributed by atoms with Crippen molar-refractivity contribution in [1.29, 1.82) is 0 Å². The fourth-order valence-corrected chi connectivity index (χ4v) is 10.9. The molecule has 0 aliphatic carbocycles. The van der Waals surface area contributed by atoms with Crippen molar-refractivity contribution in [2.24, 2.45) is 0 Å². The summed E-state index contributed by atoms with van der Waals surface area (Å²) in [5.41, 5.74) is 14.2. The Labute approximate surface area is 416 Å². The molecular formula is C62H55IrN3OSi-2. The zero-order valence-electron chi connectivity index (χ0n) is 40.9. The molecular weight excluding hydrogens is 1020 g/mol. The Kier molecular flexibility index (Phi) is 12.5. The van der Waals surface area contributed by atoms with Crippen LogP contribution in [0.4, 0.5) is 0 Å². The van der Waals surface area contributed by atoms with E-state index in [0.29, 0.717) is 0 Å².